The summed E-state index contributed by atoms with van der Waals surface area (Å²) in [5, 5.41) is 3.21. The molecule has 1 heterocycles. The predicted molar refractivity (Wildman–Crippen MR) is 154 cm³/mol. The molecule has 196 valence electrons. The van der Waals surface area contributed by atoms with Gasteiger partial charge in [-0.15, -0.1) is 0 Å². The Morgan fingerprint density at radius 3 is 2.63 bits per heavy atom. The zero-order valence-electron chi connectivity index (χ0n) is 20.2. The van der Waals surface area contributed by atoms with Crippen molar-refractivity contribution in [3.63, 3.8) is 0 Å². The highest BCUT2D eigenvalue weighted by atomic mass is 79.9. The highest BCUT2D eigenvalue weighted by Crippen LogP contribution is 2.39. The molecule has 1 N–H and O–H groups in total. The molecule has 38 heavy (non-hydrogen) atoms. The summed E-state index contributed by atoms with van der Waals surface area (Å²) in [6.07, 6.45) is 1.56. The molecule has 0 atom stereocenters. The fourth-order valence-corrected chi connectivity index (χ4v) is 5.35. The van der Waals surface area contributed by atoms with E-state index >= 15 is 0 Å². The van der Waals surface area contributed by atoms with E-state index in [-0.39, 0.29) is 11.5 Å². The van der Waals surface area contributed by atoms with E-state index in [1.54, 1.807) is 42.5 Å². The first-order valence-corrected chi connectivity index (χ1v) is 13.6. The van der Waals surface area contributed by atoms with Gasteiger partial charge in [0.05, 0.1) is 16.5 Å². The number of thioether (sulfide) groups is 1. The quantitative estimate of drug-likeness (QED) is 0.261. The van der Waals surface area contributed by atoms with E-state index in [9.17, 15) is 14.4 Å². The number of hydrogen-bond donors (Lipinski definition) is 1. The summed E-state index contributed by atoms with van der Waals surface area (Å²) in [5.41, 5.74) is 2.73. The van der Waals surface area contributed by atoms with Gasteiger partial charge in [0.15, 0.2) is 11.5 Å². The molecule has 1 fully saturated rings. The van der Waals surface area contributed by atoms with E-state index in [1.807, 2.05) is 25.1 Å². The number of imide groups is 1. The molecular weight excluding hydrogens is 615 g/mol. The fourth-order valence-electron chi connectivity index (χ4n) is 3.58. The molecule has 3 aromatic rings. The molecule has 0 radical (unpaired) electrons. The van der Waals surface area contributed by atoms with Gasteiger partial charge in [0.25, 0.3) is 11.1 Å². The minimum absolute atomic E-state index is 0.181. The van der Waals surface area contributed by atoms with Gasteiger partial charge in [0, 0.05) is 21.3 Å². The highest BCUT2D eigenvalue weighted by Gasteiger charge is 2.36. The van der Waals surface area contributed by atoms with Gasteiger partial charge < -0.3 is 14.8 Å². The van der Waals surface area contributed by atoms with Gasteiger partial charge in [-0.05, 0) is 82.2 Å². The topological polar surface area (TPSA) is 84.9 Å². The molecule has 4 rings (SSSR count). The summed E-state index contributed by atoms with van der Waals surface area (Å²) < 4.78 is 12.0. The molecule has 0 unspecified atom stereocenters. The standard InChI is InChI=1S/C27H21BrCl2N2O5S/c1-15-7-8-18(29)12-21(15)31-24(33)13-32-26(34)23(38-27(32)35)11-16-9-19(28)25(22(10-16)36-2)37-14-17-5-3-4-6-20(17)30/h3-12H,13-14H2,1-2H3,(H,31,33)/b23-11+. The van der Waals surface area contributed by atoms with Crippen LogP contribution in [0.2, 0.25) is 10.0 Å². The second-order valence-corrected chi connectivity index (χ2v) is 10.9. The lowest BCUT2D eigenvalue weighted by Gasteiger charge is -2.14. The van der Waals surface area contributed by atoms with Gasteiger partial charge in [0.2, 0.25) is 5.91 Å². The first-order valence-electron chi connectivity index (χ1n) is 11.2. The number of halogens is 3. The van der Waals surface area contributed by atoms with E-state index in [0.29, 0.717) is 37.3 Å². The Morgan fingerprint density at radius 1 is 1.13 bits per heavy atom. The van der Waals surface area contributed by atoms with Crippen LogP contribution in [-0.4, -0.2) is 35.6 Å². The van der Waals surface area contributed by atoms with Crippen LogP contribution in [0.4, 0.5) is 10.5 Å². The van der Waals surface area contributed by atoms with Crippen LogP contribution >= 0.6 is 50.9 Å². The Hall–Kier alpha value is -2.98. The molecule has 0 saturated carbocycles. The minimum atomic E-state index is -0.563. The largest absolute Gasteiger partial charge is 0.493 e. The number of amides is 3. The van der Waals surface area contributed by atoms with Crippen LogP contribution in [0.3, 0.4) is 0 Å². The zero-order chi connectivity index (χ0) is 27.4. The number of nitrogens with one attached hydrogen (secondary N) is 1. The number of aryl methyl sites for hydroxylation is 1. The average molecular weight is 636 g/mol. The monoisotopic (exact) mass is 634 g/mol. The molecule has 1 aliphatic heterocycles. The molecular formula is C27H21BrCl2N2O5S. The number of anilines is 1. The second kappa shape index (κ2) is 12.3. The van der Waals surface area contributed by atoms with Crippen molar-refractivity contribution in [2.45, 2.75) is 13.5 Å². The van der Waals surface area contributed by atoms with Crippen LogP contribution in [0.15, 0.2) is 64.0 Å². The molecule has 0 aliphatic carbocycles. The molecule has 3 amide bonds. The molecule has 11 heteroatoms. The normalized spacial score (nSPS) is 14.2. The van der Waals surface area contributed by atoms with Gasteiger partial charge in [-0.3, -0.25) is 19.3 Å². The second-order valence-electron chi connectivity index (χ2n) is 8.19. The molecule has 0 spiro atoms. The number of benzene rings is 3. The number of ether oxygens (including phenoxy) is 2. The summed E-state index contributed by atoms with van der Waals surface area (Å²) >= 11 is 16.5. The summed E-state index contributed by atoms with van der Waals surface area (Å²) in [4.78, 5) is 39.2. The Bertz CT molecular complexity index is 1460. The maximum absolute atomic E-state index is 13.0. The first kappa shape index (κ1) is 28.0. The fraction of sp³-hybridized carbons (Fsp3) is 0.148. The Balaban J connectivity index is 1.48. The predicted octanol–water partition coefficient (Wildman–Crippen LogP) is 7.33. The smallest absolute Gasteiger partial charge is 0.294 e. The SMILES string of the molecule is COc1cc(/C=C2/SC(=O)N(CC(=O)Nc3cc(Cl)ccc3C)C2=O)cc(Br)c1OCc1ccccc1Cl. The van der Waals surface area contributed by atoms with Gasteiger partial charge in [-0.1, -0.05) is 47.5 Å². The van der Waals surface area contributed by atoms with Gasteiger partial charge in [0.1, 0.15) is 13.2 Å². The minimum Gasteiger partial charge on any atom is -0.493 e. The zero-order valence-corrected chi connectivity index (χ0v) is 24.1. The summed E-state index contributed by atoms with van der Waals surface area (Å²) in [6.45, 7) is 1.62. The molecule has 3 aromatic carbocycles. The lowest BCUT2D eigenvalue weighted by atomic mass is 10.1. The van der Waals surface area contributed by atoms with Crippen molar-refractivity contribution in [3.05, 3.63) is 90.7 Å². The third kappa shape index (κ3) is 6.53. The molecule has 1 aliphatic rings. The summed E-state index contributed by atoms with van der Waals surface area (Å²) in [6, 6.07) is 15.9. The number of carbonyl (C=O) groups excluding carboxylic acids is 3. The molecule has 1 saturated heterocycles. The van der Waals surface area contributed by atoms with Crippen molar-refractivity contribution in [3.8, 4) is 11.5 Å². The summed E-state index contributed by atoms with van der Waals surface area (Å²) in [7, 11) is 1.50. The van der Waals surface area contributed by atoms with E-state index in [2.05, 4.69) is 21.2 Å². The van der Waals surface area contributed by atoms with Crippen LogP contribution in [-0.2, 0) is 16.2 Å². The third-order valence-corrected chi connectivity index (χ3v) is 7.63. The Morgan fingerprint density at radius 2 is 1.89 bits per heavy atom. The number of hydrogen-bond acceptors (Lipinski definition) is 6. The van der Waals surface area contributed by atoms with Gasteiger partial charge in [-0.2, -0.15) is 0 Å². The number of carbonyl (C=O) groups is 3. The molecule has 0 bridgehead atoms. The number of rotatable bonds is 8. The molecule has 7 nitrogen and oxygen atoms in total. The van der Waals surface area contributed by atoms with Crippen molar-refractivity contribution in [1.29, 1.82) is 0 Å². The van der Waals surface area contributed by atoms with Crippen molar-refractivity contribution in [2.75, 3.05) is 19.0 Å². The van der Waals surface area contributed by atoms with Crippen LogP contribution in [0.5, 0.6) is 11.5 Å². The highest BCUT2D eigenvalue weighted by molar-refractivity contribution is 9.10. The maximum atomic E-state index is 13.0. The lowest BCUT2D eigenvalue weighted by Crippen LogP contribution is -2.36. The van der Waals surface area contributed by atoms with Gasteiger partial charge >= 0.3 is 0 Å². The Kier molecular flexibility index (Phi) is 9.04. The van der Waals surface area contributed by atoms with E-state index in [0.717, 1.165) is 27.8 Å². The van der Waals surface area contributed by atoms with Crippen LogP contribution < -0.4 is 14.8 Å². The maximum Gasteiger partial charge on any atom is 0.294 e. The third-order valence-electron chi connectivity index (χ3n) is 5.53. The van der Waals surface area contributed by atoms with Crippen LogP contribution in [0.25, 0.3) is 6.08 Å². The number of methoxy groups -OCH3 is 1. The van der Waals surface area contributed by atoms with E-state index in [1.165, 1.54) is 7.11 Å². The van der Waals surface area contributed by atoms with Crippen LogP contribution in [0.1, 0.15) is 16.7 Å². The van der Waals surface area contributed by atoms with Crippen LogP contribution in [0, 0.1) is 6.92 Å². The lowest BCUT2D eigenvalue weighted by molar-refractivity contribution is -0.127. The van der Waals surface area contributed by atoms with Crippen molar-refractivity contribution < 1.29 is 23.9 Å². The Labute approximate surface area is 242 Å². The number of nitrogens with zero attached hydrogens (tertiary/aromatic N) is 1. The van der Waals surface area contributed by atoms with Gasteiger partial charge in [-0.25, -0.2) is 0 Å². The van der Waals surface area contributed by atoms with E-state index in [4.69, 9.17) is 32.7 Å². The summed E-state index contributed by atoms with van der Waals surface area (Å²) in [5.74, 6) is -0.186. The first-order chi connectivity index (χ1) is 18.2. The average Bonchev–Trinajstić information content (AvgIpc) is 3.13. The molecule has 0 aromatic heterocycles. The van der Waals surface area contributed by atoms with E-state index < -0.39 is 23.6 Å². The van der Waals surface area contributed by atoms with Crippen molar-refractivity contribution >= 4 is 79.7 Å². The van der Waals surface area contributed by atoms with Crippen molar-refractivity contribution in [1.82, 2.24) is 4.90 Å². The van der Waals surface area contributed by atoms with Crippen molar-refractivity contribution in [2.24, 2.45) is 0 Å².